The van der Waals surface area contributed by atoms with Crippen LogP contribution in [0.2, 0.25) is 0 Å². The monoisotopic (exact) mass is 215 g/mol. The lowest BCUT2D eigenvalue weighted by molar-refractivity contribution is -0.126. The molecule has 0 rings (SSSR count). The lowest BCUT2D eigenvalue weighted by atomic mass is 10.1. The maximum Gasteiger partial charge on any atom is 0.237 e. The van der Waals surface area contributed by atoms with Gasteiger partial charge in [0.1, 0.15) is 0 Å². The SMILES string of the molecule is CCCC(CC)NC(=O)C(N)CC(N)=O. The number of carbonyl (C=O) groups excluding carboxylic acids is 2. The maximum absolute atomic E-state index is 11.5. The van der Waals surface area contributed by atoms with Crippen molar-refractivity contribution in [1.29, 1.82) is 0 Å². The molecule has 0 aromatic carbocycles. The van der Waals surface area contributed by atoms with Gasteiger partial charge in [0.15, 0.2) is 0 Å². The van der Waals surface area contributed by atoms with Crippen LogP contribution in [-0.4, -0.2) is 23.9 Å². The van der Waals surface area contributed by atoms with Crippen molar-refractivity contribution >= 4 is 11.8 Å². The number of nitrogens with two attached hydrogens (primary N) is 2. The first kappa shape index (κ1) is 13.9. The first-order valence-corrected chi connectivity index (χ1v) is 5.35. The molecule has 0 radical (unpaired) electrons. The lowest BCUT2D eigenvalue weighted by Crippen LogP contribution is -2.46. The predicted molar refractivity (Wildman–Crippen MR) is 58.9 cm³/mol. The Morgan fingerprint density at radius 1 is 1.33 bits per heavy atom. The minimum absolute atomic E-state index is 0.103. The van der Waals surface area contributed by atoms with Crippen LogP contribution < -0.4 is 16.8 Å². The number of rotatable bonds is 7. The molecule has 2 atom stereocenters. The molecule has 88 valence electrons. The summed E-state index contributed by atoms with van der Waals surface area (Å²) in [5.74, 6) is -0.852. The Kier molecular flexibility index (Phi) is 6.70. The molecular formula is C10H21N3O2. The molecule has 15 heavy (non-hydrogen) atoms. The van der Waals surface area contributed by atoms with Crippen LogP contribution in [0.25, 0.3) is 0 Å². The molecule has 0 saturated carbocycles. The minimum Gasteiger partial charge on any atom is -0.370 e. The molecule has 5 N–H and O–H groups in total. The van der Waals surface area contributed by atoms with Gasteiger partial charge in [-0.2, -0.15) is 0 Å². The Hall–Kier alpha value is -1.10. The van der Waals surface area contributed by atoms with Gasteiger partial charge in [-0.1, -0.05) is 20.3 Å². The summed E-state index contributed by atoms with van der Waals surface area (Å²) in [6, 6.07) is -0.685. The highest BCUT2D eigenvalue weighted by molar-refractivity contribution is 5.87. The Balaban J connectivity index is 4.03. The maximum atomic E-state index is 11.5. The average Bonchev–Trinajstić information content (AvgIpc) is 2.15. The molecule has 0 aliphatic carbocycles. The fraction of sp³-hybridized carbons (Fsp3) is 0.800. The predicted octanol–water partition coefficient (Wildman–Crippen LogP) is -0.116. The van der Waals surface area contributed by atoms with Gasteiger partial charge in [-0.15, -0.1) is 0 Å². The second-order valence-corrected chi connectivity index (χ2v) is 3.68. The highest BCUT2D eigenvalue weighted by Gasteiger charge is 2.18. The summed E-state index contributed by atoms with van der Waals surface area (Å²) in [7, 11) is 0. The zero-order chi connectivity index (χ0) is 11.8. The molecule has 0 saturated heterocycles. The summed E-state index contributed by atoms with van der Waals surface area (Å²) in [6.45, 7) is 4.05. The van der Waals surface area contributed by atoms with Crippen LogP contribution in [0.1, 0.15) is 39.5 Å². The van der Waals surface area contributed by atoms with Gasteiger partial charge in [-0.3, -0.25) is 9.59 Å². The molecule has 5 heteroatoms. The summed E-state index contributed by atoms with van der Waals surface area (Å²) >= 11 is 0. The smallest absolute Gasteiger partial charge is 0.237 e. The van der Waals surface area contributed by atoms with E-state index >= 15 is 0 Å². The highest BCUT2D eigenvalue weighted by atomic mass is 16.2. The molecule has 0 fully saturated rings. The van der Waals surface area contributed by atoms with Crippen molar-refractivity contribution in [2.45, 2.75) is 51.6 Å². The van der Waals surface area contributed by atoms with Gasteiger partial charge in [0, 0.05) is 6.04 Å². The Labute approximate surface area is 90.6 Å². The number of primary amides is 1. The summed E-state index contributed by atoms with van der Waals surface area (Å²) in [4.78, 5) is 22.0. The number of hydrogen-bond acceptors (Lipinski definition) is 3. The molecule has 0 aromatic rings. The molecule has 0 heterocycles. The van der Waals surface area contributed by atoms with E-state index in [4.69, 9.17) is 11.5 Å². The molecular weight excluding hydrogens is 194 g/mol. The molecule has 0 bridgehead atoms. The average molecular weight is 215 g/mol. The first-order chi connectivity index (χ1) is 7.01. The van der Waals surface area contributed by atoms with Gasteiger partial charge in [0.2, 0.25) is 11.8 Å². The summed E-state index contributed by atoms with van der Waals surface area (Å²) < 4.78 is 0. The zero-order valence-corrected chi connectivity index (χ0v) is 9.45. The Morgan fingerprint density at radius 2 is 1.93 bits per heavy atom. The zero-order valence-electron chi connectivity index (χ0n) is 9.45. The van der Waals surface area contributed by atoms with E-state index in [1.165, 1.54) is 0 Å². The van der Waals surface area contributed by atoms with Crippen molar-refractivity contribution in [3.05, 3.63) is 0 Å². The second kappa shape index (κ2) is 7.23. The molecule has 0 aliphatic heterocycles. The van der Waals surface area contributed by atoms with Crippen molar-refractivity contribution in [3.8, 4) is 0 Å². The molecule has 0 spiro atoms. The van der Waals surface area contributed by atoms with Crippen LogP contribution >= 0.6 is 0 Å². The van der Waals surface area contributed by atoms with Crippen molar-refractivity contribution < 1.29 is 9.59 Å². The third kappa shape index (κ3) is 6.06. The van der Waals surface area contributed by atoms with Gasteiger partial charge in [0.25, 0.3) is 0 Å². The van der Waals surface area contributed by atoms with Gasteiger partial charge in [-0.25, -0.2) is 0 Å². The van der Waals surface area contributed by atoms with Crippen LogP contribution in [-0.2, 0) is 9.59 Å². The number of nitrogens with one attached hydrogen (secondary N) is 1. The van der Waals surface area contributed by atoms with Gasteiger partial charge in [-0.05, 0) is 12.8 Å². The minimum atomic E-state index is -0.826. The van der Waals surface area contributed by atoms with E-state index in [1.807, 2.05) is 6.92 Å². The fourth-order valence-electron chi connectivity index (χ4n) is 1.34. The Bertz CT molecular complexity index is 219. The van der Waals surface area contributed by atoms with Crippen molar-refractivity contribution in [3.63, 3.8) is 0 Å². The van der Waals surface area contributed by atoms with Crippen molar-refractivity contribution in [2.75, 3.05) is 0 Å². The van der Waals surface area contributed by atoms with E-state index in [-0.39, 0.29) is 18.4 Å². The number of carbonyl (C=O) groups is 2. The van der Waals surface area contributed by atoms with Crippen LogP contribution in [0, 0.1) is 0 Å². The van der Waals surface area contributed by atoms with E-state index in [2.05, 4.69) is 12.2 Å². The largest absolute Gasteiger partial charge is 0.370 e. The van der Waals surface area contributed by atoms with Gasteiger partial charge < -0.3 is 16.8 Å². The third-order valence-corrected chi connectivity index (χ3v) is 2.23. The second-order valence-electron chi connectivity index (χ2n) is 3.68. The van der Waals surface area contributed by atoms with Crippen LogP contribution in [0.5, 0.6) is 0 Å². The van der Waals surface area contributed by atoms with E-state index in [1.54, 1.807) is 0 Å². The summed E-state index contributed by atoms with van der Waals surface area (Å²) in [5.41, 5.74) is 10.5. The molecule has 5 nitrogen and oxygen atoms in total. The van der Waals surface area contributed by atoms with E-state index in [0.717, 1.165) is 19.3 Å². The molecule has 0 aliphatic rings. The normalized spacial score (nSPS) is 14.3. The topological polar surface area (TPSA) is 98.2 Å². The Morgan fingerprint density at radius 3 is 2.33 bits per heavy atom. The van der Waals surface area contributed by atoms with E-state index in [9.17, 15) is 9.59 Å². The standard InChI is InChI=1S/C10H21N3O2/c1-3-5-7(4-2)13-10(15)8(11)6-9(12)14/h7-8H,3-6,11H2,1-2H3,(H2,12,14)(H,13,15). The number of amides is 2. The molecule has 2 unspecified atom stereocenters. The first-order valence-electron chi connectivity index (χ1n) is 5.35. The van der Waals surface area contributed by atoms with Crippen LogP contribution in [0.3, 0.4) is 0 Å². The van der Waals surface area contributed by atoms with Gasteiger partial charge in [0.05, 0.1) is 12.5 Å². The fourth-order valence-corrected chi connectivity index (χ4v) is 1.34. The quantitative estimate of drug-likeness (QED) is 0.552. The van der Waals surface area contributed by atoms with Crippen LogP contribution in [0.4, 0.5) is 0 Å². The number of hydrogen-bond donors (Lipinski definition) is 3. The molecule has 0 aromatic heterocycles. The van der Waals surface area contributed by atoms with Crippen molar-refractivity contribution in [1.82, 2.24) is 5.32 Å². The highest BCUT2D eigenvalue weighted by Crippen LogP contribution is 2.01. The van der Waals surface area contributed by atoms with Crippen molar-refractivity contribution in [2.24, 2.45) is 11.5 Å². The van der Waals surface area contributed by atoms with E-state index < -0.39 is 11.9 Å². The van der Waals surface area contributed by atoms with Gasteiger partial charge >= 0.3 is 0 Å². The lowest BCUT2D eigenvalue weighted by Gasteiger charge is -2.18. The van der Waals surface area contributed by atoms with E-state index in [0.29, 0.717) is 0 Å². The third-order valence-electron chi connectivity index (χ3n) is 2.23. The summed E-state index contributed by atoms with van der Waals surface area (Å²) in [5, 5.41) is 2.80. The van der Waals surface area contributed by atoms with Crippen LogP contribution in [0.15, 0.2) is 0 Å². The summed E-state index contributed by atoms with van der Waals surface area (Å²) in [6.07, 6.45) is 2.69. The molecule has 2 amide bonds.